The molecule has 0 saturated carbocycles. The van der Waals surface area contributed by atoms with Gasteiger partial charge in [-0.3, -0.25) is 0 Å². The summed E-state index contributed by atoms with van der Waals surface area (Å²) in [4.78, 5) is 10.5. The van der Waals surface area contributed by atoms with Gasteiger partial charge in [-0.2, -0.15) is 0 Å². The van der Waals surface area contributed by atoms with Crippen LogP contribution in [0.2, 0.25) is 0 Å². The van der Waals surface area contributed by atoms with Crippen molar-refractivity contribution in [3.05, 3.63) is 168 Å². The molecule has 5 nitrogen and oxygen atoms in total. The molecule has 1 aliphatic heterocycles. The number of hydrogen-bond donors (Lipinski definition) is 1. The largest absolute Gasteiger partial charge is 0.456 e. The molecule has 226 valence electrons. The third-order valence-electron chi connectivity index (χ3n) is 9.34. The number of para-hydroxylation sites is 2. The van der Waals surface area contributed by atoms with Gasteiger partial charge in [0.05, 0.1) is 0 Å². The van der Waals surface area contributed by atoms with Gasteiger partial charge in [0.25, 0.3) is 0 Å². The van der Waals surface area contributed by atoms with Gasteiger partial charge in [-0.15, -0.1) is 0 Å². The Bertz CT molecular complexity index is 2770. The van der Waals surface area contributed by atoms with Crippen LogP contribution in [0.25, 0.3) is 65.8 Å². The molecule has 1 unspecified atom stereocenters. The van der Waals surface area contributed by atoms with Crippen molar-refractivity contribution >= 4 is 66.3 Å². The highest BCUT2D eigenvalue weighted by atomic mass is 16.3. The van der Waals surface area contributed by atoms with E-state index in [4.69, 9.17) is 18.8 Å². The van der Waals surface area contributed by atoms with Gasteiger partial charge in [-0.1, -0.05) is 121 Å². The predicted octanol–water partition coefficient (Wildman–Crippen LogP) is 10.8. The second-order valence-corrected chi connectivity index (χ2v) is 12.2. The van der Waals surface area contributed by atoms with Crippen molar-refractivity contribution in [3.8, 4) is 11.1 Å². The van der Waals surface area contributed by atoms with Gasteiger partial charge in [0, 0.05) is 43.8 Å². The fourth-order valence-corrected chi connectivity index (χ4v) is 7.01. The number of fused-ring (bicyclic) bond motifs is 7. The molecule has 0 amide bonds. The third-order valence-corrected chi connectivity index (χ3v) is 9.34. The van der Waals surface area contributed by atoms with Gasteiger partial charge >= 0.3 is 0 Å². The molecular formula is C43H27N3O2. The highest BCUT2D eigenvalue weighted by Gasteiger charge is 2.26. The first kappa shape index (κ1) is 26.7. The zero-order chi connectivity index (χ0) is 31.6. The lowest BCUT2D eigenvalue weighted by Gasteiger charge is -2.23. The van der Waals surface area contributed by atoms with E-state index in [-0.39, 0.29) is 0 Å². The van der Waals surface area contributed by atoms with Crippen LogP contribution < -0.4 is 5.32 Å². The van der Waals surface area contributed by atoms with E-state index in [0.717, 1.165) is 83.4 Å². The first-order chi connectivity index (χ1) is 23.8. The van der Waals surface area contributed by atoms with E-state index in [9.17, 15) is 0 Å². The quantitative estimate of drug-likeness (QED) is 0.214. The first-order valence-electron chi connectivity index (χ1n) is 16.1. The van der Waals surface area contributed by atoms with Gasteiger partial charge in [0.2, 0.25) is 0 Å². The number of hydrogen-bond acceptors (Lipinski definition) is 5. The molecular weight excluding hydrogens is 590 g/mol. The molecule has 1 atom stereocenters. The number of aliphatic imine (C=N–C) groups is 2. The summed E-state index contributed by atoms with van der Waals surface area (Å²) < 4.78 is 12.9. The van der Waals surface area contributed by atoms with E-state index in [2.05, 4.69) is 108 Å². The summed E-state index contributed by atoms with van der Waals surface area (Å²) in [7, 11) is 0. The molecule has 48 heavy (non-hydrogen) atoms. The summed E-state index contributed by atoms with van der Waals surface area (Å²) in [6.45, 7) is 0. The van der Waals surface area contributed by atoms with Crippen molar-refractivity contribution in [1.29, 1.82) is 0 Å². The third kappa shape index (κ3) is 4.25. The van der Waals surface area contributed by atoms with Gasteiger partial charge in [-0.05, 0) is 46.7 Å². The molecule has 0 fully saturated rings. The highest BCUT2D eigenvalue weighted by Crippen LogP contribution is 2.42. The summed E-state index contributed by atoms with van der Waals surface area (Å²) in [6, 6.07) is 52.2. The molecule has 0 aliphatic carbocycles. The standard InChI is InChI=1S/C43H27N3O2/c1-2-11-27(12-3-1)41-44-42(30-20-21-33-32-14-6-8-16-36(32)47-38(33)25-30)46-43(45-41)35-23-22-31(29-19-18-26-10-4-5-13-28(26)24-29)40-39(35)34-15-7-9-17-37(34)48-40/h1-25,43H,(H,44,45,46). The minimum atomic E-state index is -0.517. The molecule has 0 saturated heterocycles. The van der Waals surface area contributed by atoms with E-state index < -0.39 is 6.17 Å². The van der Waals surface area contributed by atoms with Crippen LogP contribution in [-0.2, 0) is 0 Å². The Labute approximate surface area is 275 Å². The smallest absolute Gasteiger partial charge is 0.170 e. The van der Waals surface area contributed by atoms with Crippen molar-refractivity contribution in [2.45, 2.75) is 6.17 Å². The lowest BCUT2D eigenvalue weighted by atomic mass is 9.95. The van der Waals surface area contributed by atoms with Gasteiger partial charge in [-0.25, -0.2) is 9.98 Å². The first-order valence-corrected chi connectivity index (χ1v) is 16.1. The maximum atomic E-state index is 6.66. The van der Waals surface area contributed by atoms with Crippen molar-refractivity contribution in [2.75, 3.05) is 0 Å². The lowest BCUT2D eigenvalue weighted by molar-refractivity contribution is 0.668. The molecule has 0 radical (unpaired) electrons. The fraction of sp³-hybridized carbons (Fsp3) is 0.0233. The molecule has 10 rings (SSSR count). The Hall–Kier alpha value is -6.46. The molecule has 2 aromatic heterocycles. The molecule has 1 aliphatic rings. The van der Waals surface area contributed by atoms with E-state index in [1.54, 1.807) is 0 Å². The van der Waals surface area contributed by atoms with E-state index >= 15 is 0 Å². The molecule has 1 N–H and O–H groups in total. The fourth-order valence-electron chi connectivity index (χ4n) is 7.01. The Morgan fingerprint density at radius 1 is 0.458 bits per heavy atom. The van der Waals surface area contributed by atoms with Crippen LogP contribution in [-0.4, -0.2) is 11.7 Å². The van der Waals surface area contributed by atoms with Crippen molar-refractivity contribution < 1.29 is 8.83 Å². The normalized spacial score (nSPS) is 14.9. The summed E-state index contributed by atoms with van der Waals surface area (Å²) >= 11 is 0. The monoisotopic (exact) mass is 617 g/mol. The van der Waals surface area contributed by atoms with Crippen LogP contribution in [0.15, 0.2) is 170 Å². The SMILES string of the molecule is c1ccc(C2=NC(c3ccc(-c4ccc5ccccc5c4)c4oc5ccccc5c34)N=C(c3ccc4c(c3)oc3ccccc34)N2)cc1. The number of rotatable bonds is 4. The van der Waals surface area contributed by atoms with Crippen LogP contribution in [0.1, 0.15) is 22.9 Å². The highest BCUT2D eigenvalue weighted by molar-refractivity contribution is 6.18. The second kappa shape index (κ2) is 10.5. The van der Waals surface area contributed by atoms with Crippen molar-refractivity contribution in [2.24, 2.45) is 9.98 Å². The second-order valence-electron chi connectivity index (χ2n) is 12.2. The van der Waals surface area contributed by atoms with Crippen LogP contribution in [0.5, 0.6) is 0 Å². The van der Waals surface area contributed by atoms with Crippen LogP contribution in [0, 0.1) is 0 Å². The average Bonchev–Trinajstić information content (AvgIpc) is 3.73. The zero-order valence-electron chi connectivity index (χ0n) is 25.7. The van der Waals surface area contributed by atoms with Crippen LogP contribution in [0.3, 0.4) is 0 Å². The van der Waals surface area contributed by atoms with E-state index in [1.807, 2.05) is 48.5 Å². The van der Waals surface area contributed by atoms with Gasteiger partial charge in [0.1, 0.15) is 34.0 Å². The average molecular weight is 618 g/mol. The van der Waals surface area contributed by atoms with Crippen LogP contribution >= 0.6 is 0 Å². The maximum absolute atomic E-state index is 6.66. The number of furan rings is 2. The van der Waals surface area contributed by atoms with Gasteiger partial charge < -0.3 is 14.2 Å². The zero-order valence-corrected chi connectivity index (χ0v) is 25.7. The molecule has 0 spiro atoms. The van der Waals surface area contributed by atoms with Crippen molar-refractivity contribution in [3.63, 3.8) is 0 Å². The Morgan fingerprint density at radius 2 is 1.12 bits per heavy atom. The minimum absolute atomic E-state index is 0.517. The lowest BCUT2D eigenvalue weighted by Crippen LogP contribution is -2.36. The number of nitrogens with zero attached hydrogens (tertiary/aromatic N) is 2. The Kier molecular flexibility index (Phi) is 5.87. The molecule has 3 heterocycles. The Morgan fingerprint density at radius 3 is 1.98 bits per heavy atom. The minimum Gasteiger partial charge on any atom is -0.456 e. The summed E-state index contributed by atoms with van der Waals surface area (Å²) in [5, 5.41) is 10.2. The molecule has 7 aromatic carbocycles. The number of nitrogens with one attached hydrogen (secondary N) is 1. The van der Waals surface area contributed by atoms with Gasteiger partial charge in [0.15, 0.2) is 6.17 Å². The number of benzene rings is 7. The summed E-state index contributed by atoms with van der Waals surface area (Å²) in [5.41, 5.74) is 8.40. The van der Waals surface area contributed by atoms with Crippen LogP contribution in [0.4, 0.5) is 0 Å². The number of amidine groups is 2. The molecule has 5 heteroatoms. The summed E-state index contributed by atoms with van der Waals surface area (Å²) in [6.07, 6.45) is -0.517. The predicted molar refractivity (Wildman–Crippen MR) is 196 cm³/mol. The van der Waals surface area contributed by atoms with E-state index in [0.29, 0.717) is 0 Å². The topological polar surface area (TPSA) is 63.0 Å². The molecule has 0 bridgehead atoms. The van der Waals surface area contributed by atoms with Crippen molar-refractivity contribution in [1.82, 2.24) is 5.32 Å². The Balaban J connectivity index is 1.18. The van der Waals surface area contributed by atoms with E-state index in [1.165, 1.54) is 10.8 Å². The maximum Gasteiger partial charge on any atom is 0.170 e. The molecule has 9 aromatic rings. The summed E-state index contributed by atoms with van der Waals surface area (Å²) in [5.74, 6) is 1.49.